The molecule has 0 radical (unpaired) electrons. The maximum Gasteiger partial charge on any atom is 0.274 e. The first-order chi connectivity index (χ1) is 12.1. The van der Waals surface area contributed by atoms with E-state index in [1.807, 2.05) is 31.2 Å². The highest BCUT2D eigenvalue weighted by Crippen LogP contribution is 2.11. The van der Waals surface area contributed by atoms with Crippen LogP contribution >= 0.6 is 0 Å². The molecule has 0 unspecified atom stereocenters. The van der Waals surface area contributed by atoms with Gasteiger partial charge in [-0.3, -0.25) is 14.5 Å². The number of ether oxygens (including phenoxy) is 1. The lowest BCUT2D eigenvalue weighted by Gasteiger charge is -2.34. The van der Waals surface area contributed by atoms with E-state index in [1.165, 1.54) is 17.7 Å². The number of carbonyl (C=O) groups excluding carboxylic acids is 1. The first kappa shape index (κ1) is 17.2. The molecule has 25 heavy (non-hydrogen) atoms. The molecule has 0 aliphatic carbocycles. The average Bonchev–Trinajstić information content (AvgIpc) is 2.64. The molecule has 1 aromatic carbocycles. The van der Waals surface area contributed by atoms with Crippen molar-refractivity contribution < 1.29 is 9.53 Å². The van der Waals surface area contributed by atoms with Gasteiger partial charge in [0.1, 0.15) is 18.1 Å². The molecule has 2 heterocycles. The molecule has 2 aromatic rings. The van der Waals surface area contributed by atoms with E-state index in [9.17, 15) is 9.59 Å². The summed E-state index contributed by atoms with van der Waals surface area (Å²) in [6, 6.07) is 10.8. The van der Waals surface area contributed by atoms with E-state index in [0.29, 0.717) is 19.7 Å². The Hall–Kier alpha value is -2.67. The highest BCUT2D eigenvalue weighted by atomic mass is 16.5. The summed E-state index contributed by atoms with van der Waals surface area (Å²) >= 11 is 0. The Balaban J connectivity index is 1.42. The molecule has 1 aromatic heterocycles. The van der Waals surface area contributed by atoms with Gasteiger partial charge in [-0.15, -0.1) is 0 Å². The first-order valence-corrected chi connectivity index (χ1v) is 8.39. The Labute approximate surface area is 146 Å². The molecule has 1 aliphatic rings. The zero-order chi connectivity index (χ0) is 17.6. The summed E-state index contributed by atoms with van der Waals surface area (Å²) in [4.78, 5) is 27.4. The Morgan fingerprint density at radius 2 is 1.84 bits per heavy atom. The fourth-order valence-electron chi connectivity index (χ4n) is 2.73. The number of nitrogens with one attached hydrogen (secondary N) is 1. The Bertz CT molecular complexity index is 744. The summed E-state index contributed by atoms with van der Waals surface area (Å²) in [7, 11) is 0. The number of piperazine rings is 1. The van der Waals surface area contributed by atoms with Gasteiger partial charge in [-0.2, -0.15) is 5.10 Å². The minimum Gasteiger partial charge on any atom is -0.492 e. The van der Waals surface area contributed by atoms with Crippen LogP contribution in [-0.4, -0.2) is 65.2 Å². The smallest absolute Gasteiger partial charge is 0.274 e. The number of nitrogens with zero attached hydrogens (tertiary/aromatic N) is 3. The second kappa shape index (κ2) is 7.94. The Morgan fingerprint density at radius 3 is 2.48 bits per heavy atom. The fourth-order valence-corrected chi connectivity index (χ4v) is 2.73. The zero-order valence-electron chi connectivity index (χ0n) is 14.3. The summed E-state index contributed by atoms with van der Waals surface area (Å²) in [6.07, 6.45) is 0. The first-order valence-electron chi connectivity index (χ1n) is 8.39. The summed E-state index contributed by atoms with van der Waals surface area (Å²) in [5, 5.41) is 6.09. The molecule has 0 spiro atoms. The van der Waals surface area contributed by atoms with Crippen LogP contribution in [0.1, 0.15) is 16.1 Å². The highest BCUT2D eigenvalue weighted by Gasteiger charge is 2.22. The molecule has 1 fully saturated rings. The molecular formula is C18H22N4O3. The summed E-state index contributed by atoms with van der Waals surface area (Å²) in [5.41, 5.74) is 1.18. The van der Waals surface area contributed by atoms with Gasteiger partial charge >= 0.3 is 0 Å². The summed E-state index contributed by atoms with van der Waals surface area (Å²) in [6.45, 7) is 6.38. The van der Waals surface area contributed by atoms with Gasteiger partial charge < -0.3 is 9.64 Å². The monoisotopic (exact) mass is 342 g/mol. The topological polar surface area (TPSA) is 78.5 Å². The maximum absolute atomic E-state index is 12.3. The third-order valence-corrected chi connectivity index (χ3v) is 4.25. The lowest BCUT2D eigenvalue weighted by molar-refractivity contribution is 0.0613. The van der Waals surface area contributed by atoms with Crippen molar-refractivity contribution in [3.8, 4) is 5.75 Å². The van der Waals surface area contributed by atoms with Gasteiger partial charge in [0.2, 0.25) is 0 Å². The molecule has 1 aliphatic heterocycles. The van der Waals surface area contributed by atoms with Crippen molar-refractivity contribution in [3.63, 3.8) is 0 Å². The van der Waals surface area contributed by atoms with Gasteiger partial charge in [-0.25, -0.2) is 5.10 Å². The molecular weight excluding hydrogens is 320 g/mol. The van der Waals surface area contributed by atoms with Gasteiger partial charge in [-0.1, -0.05) is 17.7 Å². The lowest BCUT2D eigenvalue weighted by Crippen LogP contribution is -2.49. The van der Waals surface area contributed by atoms with E-state index < -0.39 is 0 Å². The van der Waals surface area contributed by atoms with Crippen LogP contribution in [0.5, 0.6) is 5.75 Å². The third-order valence-electron chi connectivity index (χ3n) is 4.25. The molecule has 7 nitrogen and oxygen atoms in total. The minimum absolute atomic E-state index is 0.146. The number of benzene rings is 1. The van der Waals surface area contributed by atoms with Crippen molar-refractivity contribution in [2.24, 2.45) is 0 Å². The molecule has 132 valence electrons. The number of aryl methyl sites for hydroxylation is 1. The molecule has 0 atom stereocenters. The molecule has 3 rings (SSSR count). The normalized spacial score (nSPS) is 15.2. The van der Waals surface area contributed by atoms with Gasteiger partial charge in [0.15, 0.2) is 0 Å². The van der Waals surface area contributed by atoms with Crippen LogP contribution < -0.4 is 10.3 Å². The van der Waals surface area contributed by atoms with Crippen LogP contribution in [0.3, 0.4) is 0 Å². The van der Waals surface area contributed by atoms with Gasteiger partial charge in [0.25, 0.3) is 11.5 Å². The van der Waals surface area contributed by atoms with Crippen LogP contribution in [0, 0.1) is 6.92 Å². The Kier molecular flexibility index (Phi) is 5.45. The van der Waals surface area contributed by atoms with Crippen molar-refractivity contribution >= 4 is 5.91 Å². The van der Waals surface area contributed by atoms with Crippen LogP contribution in [0.4, 0.5) is 0 Å². The standard InChI is InChI=1S/C18H22N4O3/c1-14-2-4-15(5-3-14)25-13-12-21-8-10-22(11-9-21)18(24)16-6-7-17(23)20-19-16/h2-7H,8-13H2,1H3,(H,20,23). The number of H-pyrrole nitrogens is 1. The number of hydrogen-bond acceptors (Lipinski definition) is 5. The van der Waals surface area contributed by atoms with E-state index in [2.05, 4.69) is 15.1 Å². The van der Waals surface area contributed by atoms with Crippen molar-refractivity contribution in [2.45, 2.75) is 6.92 Å². The van der Waals surface area contributed by atoms with Crippen molar-refractivity contribution in [1.29, 1.82) is 0 Å². The number of aromatic amines is 1. The number of amides is 1. The van der Waals surface area contributed by atoms with Crippen molar-refractivity contribution in [3.05, 3.63) is 58.0 Å². The zero-order valence-corrected chi connectivity index (χ0v) is 14.3. The van der Waals surface area contributed by atoms with E-state index >= 15 is 0 Å². The summed E-state index contributed by atoms with van der Waals surface area (Å²) < 4.78 is 5.75. The van der Waals surface area contributed by atoms with E-state index in [4.69, 9.17) is 4.74 Å². The van der Waals surface area contributed by atoms with Gasteiger partial charge in [0.05, 0.1) is 0 Å². The van der Waals surface area contributed by atoms with Crippen LogP contribution in [-0.2, 0) is 0 Å². The van der Waals surface area contributed by atoms with E-state index in [0.717, 1.165) is 25.4 Å². The highest BCUT2D eigenvalue weighted by molar-refractivity contribution is 5.92. The second-order valence-electron chi connectivity index (χ2n) is 6.10. The van der Waals surface area contributed by atoms with Gasteiger partial charge in [0, 0.05) is 38.8 Å². The van der Waals surface area contributed by atoms with E-state index in [-0.39, 0.29) is 17.2 Å². The number of carbonyl (C=O) groups is 1. The Morgan fingerprint density at radius 1 is 1.12 bits per heavy atom. The third kappa shape index (κ3) is 4.67. The molecule has 1 amide bonds. The maximum atomic E-state index is 12.3. The van der Waals surface area contributed by atoms with Crippen molar-refractivity contribution in [2.75, 3.05) is 39.3 Å². The number of aromatic nitrogens is 2. The average molecular weight is 342 g/mol. The summed E-state index contributed by atoms with van der Waals surface area (Å²) in [5.74, 6) is 0.732. The lowest BCUT2D eigenvalue weighted by atomic mass is 10.2. The molecule has 7 heteroatoms. The predicted molar refractivity (Wildman–Crippen MR) is 93.9 cm³/mol. The van der Waals surface area contributed by atoms with Gasteiger partial charge in [-0.05, 0) is 25.1 Å². The SMILES string of the molecule is Cc1ccc(OCCN2CCN(C(=O)c3ccc(=O)[nH]n3)CC2)cc1. The number of hydrogen-bond donors (Lipinski definition) is 1. The van der Waals surface area contributed by atoms with Crippen LogP contribution in [0.25, 0.3) is 0 Å². The number of rotatable bonds is 5. The minimum atomic E-state index is -0.310. The molecule has 1 saturated heterocycles. The molecule has 0 saturated carbocycles. The predicted octanol–water partition coefficient (Wildman–Crippen LogP) is 0.915. The quantitative estimate of drug-likeness (QED) is 0.874. The van der Waals surface area contributed by atoms with E-state index in [1.54, 1.807) is 4.90 Å². The van der Waals surface area contributed by atoms with Crippen LogP contribution in [0.2, 0.25) is 0 Å². The second-order valence-corrected chi connectivity index (χ2v) is 6.10. The molecule has 0 bridgehead atoms. The van der Waals surface area contributed by atoms with Crippen LogP contribution in [0.15, 0.2) is 41.2 Å². The largest absolute Gasteiger partial charge is 0.492 e. The molecule has 1 N–H and O–H groups in total. The fraction of sp³-hybridized carbons (Fsp3) is 0.389. The van der Waals surface area contributed by atoms with Crippen molar-refractivity contribution in [1.82, 2.24) is 20.0 Å².